The van der Waals surface area contributed by atoms with E-state index in [0.717, 1.165) is 6.42 Å². The molecule has 0 aromatic heterocycles. The molecular weight excluding hydrogens is 230 g/mol. The summed E-state index contributed by atoms with van der Waals surface area (Å²) in [6.45, 7) is 1.95. The van der Waals surface area contributed by atoms with E-state index in [2.05, 4.69) is 0 Å². The number of aliphatic hydroxyl groups excluding tert-OH is 1. The van der Waals surface area contributed by atoms with Crippen LogP contribution in [-0.2, 0) is 0 Å². The van der Waals surface area contributed by atoms with E-state index >= 15 is 0 Å². The minimum atomic E-state index is -0.656. The summed E-state index contributed by atoms with van der Waals surface area (Å²) in [6.07, 6.45) is 0.772. The fourth-order valence-electron chi connectivity index (χ4n) is 1.51. The maximum absolute atomic E-state index is 9.66. The van der Waals surface area contributed by atoms with Gasteiger partial charge in [0.2, 0.25) is 0 Å². The molecule has 4 nitrogen and oxygen atoms in total. The van der Waals surface area contributed by atoms with Crippen molar-refractivity contribution in [2.45, 2.75) is 31.9 Å². The topological polar surface area (TPSA) is 86.7 Å². The van der Waals surface area contributed by atoms with Gasteiger partial charge in [0.05, 0.1) is 12.1 Å². The second-order valence-electron chi connectivity index (χ2n) is 3.66. The van der Waals surface area contributed by atoms with E-state index in [9.17, 15) is 15.3 Å². The fraction of sp³-hybridized carbons (Fsp3) is 0.455. The van der Waals surface area contributed by atoms with E-state index in [-0.39, 0.29) is 23.9 Å². The van der Waals surface area contributed by atoms with Gasteiger partial charge in [-0.2, -0.15) is 0 Å². The van der Waals surface area contributed by atoms with E-state index in [1.165, 1.54) is 18.2 Å². The Balaban J connectivity index is 0.00000225. The molecular formula is C11H18ClNO3. The summed E-state index contributed by atoms with van der Waals surface area (Å²) in [7, 11) is 0. The second-order valence-corrected chi connectivity index (χ2v) is 3.66. The van der Waals surface area contributed by atoms with Crippen molar-refractivity contribution < 1.29 is 15.3 Å². The van der Waals surface area contributed by atoms with Gasteiger partial charge in [-0.1, -0.05) is 13.3 Å². The van der Waals surface area contributed by atoms with Crippen molar-refractivity contribution in [1.82, 2.24) is 0 Å². The summed E-state index contributed by atoms with van der Waals surface area (Å²) < 4.78 is 0. The van der Waals surface area contributed by atoms with Crippen LogP contribution in [-0.4, -0.2) is 21.4 Å². The molecule has 0 saturated carbocycles. The first kappa shape index (κ1) is 15.0. The third-order valence-electron chi connectivity index (χ3n) is 2.31. The van der Waals surface area contributed by atoms with Crippen molar-refractivity contribution in [3.8, 4) is 11.5 Å². The van der Waals surface area contributed by atoms with Crippen LogP contribution in [0.25, 0.3) is 0 Å². The van der Waals surface area contributed by atoms with Crippen molar-refractivity contribution in [3.05, 3.63) is 23.8 Å². The average molecular weight is 248 g/mol. The molecule has 0 aliphatic rings. The largest absolute Gasteiger partial charge is 0.508 e. The van der Waals surface area contributed by atoms with Gasteiger partial charge in [-0.15, -0.1) is 12.4 Å². The van der Waals surface area contributed by atoms with Crippen LogP contribution < -0.4 is 5.73 Å². The van der Waals surface area contributed by atoms with Crippen LogP contribution in [0.15, 0.2) is 18.2 Å². The van der Waals surface area contributed by atoms with E-state index in [1.54, 1.807) is 0 Å². The molecule has 1 rings (SSSR count). The highest BCUT2D eigenvalue weighted by atomic mass is 35.5. The molecule has 0 heterocycles. The molecule has 1 aromatic carbocycles. The number of nitrogens with two attached hydrogens (primary N) is 1. The SMILES string of the molecule is CCC[C@H](O)[C@H](N)c1cc(O)cc(O)c1.Cl. The molecule has 1 aromatic rings. The van der Waals surface area contributed by atoms with Gasteiger partial charge in [-0.05, 0) is 24.1 Å². The minimum Gasteiger partial charge on any atom is -0.508 e. The highest BCUT2D eigenvalue weighted by molar-refractivity contribution is 5.85. The monoisotopic (exact) mass is 247 g/mol. The Labute approximate surface area is 101 Å². The normalized spacial score (nSPS) is 13.9. The van der Waals surface area contributed by atoms with E-state index < -0.39 is 12.1 Å². The first-order valence-corrected chi connectivity index (χ1v) is 5.01. The Hall–Kier alpha value is -0.970. The van der Waals surface area contributed by atoms with Gasteiger partial charge < -0.3 is 21.1 Å². The van der Waals surface area contributed by atoms with Crippen molar-refractivity contribution in [3.63, 3.8) is 0 Å². The van der Waals surface area contributed by atoms with Gasteiger partial charge in [0.15, 0.2) is 0 Å². The van der Waals surface area contributed by atoms with Crippen LogP contribution >= 0.6 is 12.4 Å². The second kappa shape index (κ2) is 6.58. The molecule has 0 radical (unpaired) electrons. The van der Waals surface area contributed by atoms with Crippen LogP contribution in [0.1, 0.15) is 31.4 Å². The van der Waals surface area contributed by atoms with Crippen molar-refractivity contribution >= 4 is 12.4 Å². The smallest absolute Gasteiger partial charge is 0.119 e. The van der Waals surface area contributed by atoms with Gasteiger partial charge in [-0.25, -0.2) is 0 Å². The number of hydrogen-bond acceptors (Lipinski definition) is 4. The van der Waals surface area contributed by atoms with Crippen LogP contribution in [0.3, 0.4) is 0 Å². The molecule has 2 atom stereocenters. The Morgan fingerprint density at radius 3 is 2.12 bits per heavy atom. The van der Waals surface area contributed by atoms with Gasteiger partial charge in [0.1, 0.15) is 11.5 Å². The zero-order valence-corrected chi connectivity index (χ0v) is 9.94. The van der Waals surface area contributed by atoms with Gasteiger partial charge in [-0.3, -0.25) is 0 Å². The van der Waals surface area contributed by atoms with Crippen LogP contribution in [0.4, 0.5) is 0 Å². The third-order valence-corrected chi connectivity index (χ3v) is 2.31. The van der Waals surface area contributed by atoms with Crippen LogP contribution in [0, 0.1) is 0 Å². The summed E-state index contributed by atoms with van der Waals surface area (Å²) in [5, 5.41) is 28.2. The zero-order valence-electron chi connectivity index (χ0n) is 9.13. The van der Waals surface area contributed by atoms with E-state index in [0.29, 0.717) is 12.0 Å². The predicted molar refractivity (Wildman–Crippen MR) is 64.9 cm³/mol. The lowest BCUT2D eigenvalue weighted by Gasteiger charge is -2.18. The maximum Gasteiger partial charge on any atom is 0.119 e. The number of aliphatic hydroxyl groups is 1. The summed E-state index contributed by atoms with van der Waals surface area (Å²) in [4.78, 5) is 0. The number of rotatable bonds is 4. The standard InChI is InChI=1S/C11H17NO3.ClH/c1-2-3-10(15)11(12)7-4-8(13)6-9(14)5-7;/h4-6,10-11,13-15H,2-3,12H2,1H3;1H/t10-,11+;/m0./s1. The summed E-state index contributed by atoms with van der Waals surface area (Å²) in [5.41, 5.74) is 6.33. The van der Waals surface area contributed by atoms with E-state index in [4.69, 9.17) is 5.73 Å². The number of benzene rings is 1. The molecule has 0 bridgehead atoms. The molecule has 92 valence electrons. The molecule has 0 spiro atoms. The molecule has 0 aliphatic heterocycles. The lowest BCUT2D eigenvalue weighted by Crippen LogP contribution is -2.25. The molecule has 0 aliphatic carbocycles. The lowest BCUT2D eigenvalue weighted by atomic mass is 9.99. The first-order chi connectivity index (χ1) is 7.04. The van der Waals surface area contributed by atoms with Gasteiger partial charge >= 0.3 is 0 Å². The fourth-order valence-corrected chi connectivity index (χ4v) is 1.51. The summed E-state index contributed by atoms with van der Waals surface area (Å²) in [6, 6.07) is 3.54. The molecule has 0 saturated heterocycles. The molecule has 0 amide bonds. The van der Waals surface area contributed by atoms with Crippen LogP contribution in [0.5, 0.6) is 11.5 Å². The van der Waals surface area contributed by atoms with Crippen molar-refractivity contribution in [1.29, 1.82) is 0 Å². The average Bonchev–Trinajstić information content (AvgIpc) is 2.15. The Morgan fingerprint density at radius 1 is 1.19 bits per heavy atom. The predicted octanol–water partition coefficient (Wildman–Crippen LogP) is 1.68. The zero-order chi connectivity index (χ0) is 11.4. The van der Waals surface area contributed by atoms with Gasteiger partial charge in [0, 0.05) is 6.07 Å². The molecule has 0 fully saturated rings. The number of halogens is 1. The van der Waals surface area contributed by atoms with E-state index in [1.807, 2.05) is 6.92 Å². The number of phenolic OH excluding ortho intramolecular Hbond substituents is 2. The number of hydrogen-bond donors (Lipinski definition) is 4. The molecule has 16 heavy (non-hydrogen) atoms. The Bertz CT molecular complexity index is 313. The minimum absolute atomic E-state index is 0. The quantitative estimate of drug-likeness (QED) is 0.652. The van der Waals surface area contributed by atoms with Crippen molar-refractivity contribution in [2.75, 3.05) is 0 Å². The highest BCUT2D eigenvalue weighted by Crippen LogP contribution is 2.26. The Morgan fingerprint density at radius 2 is 1.69 bits per heavy atom. The van der Waals surface area contributed by atoms with Gasteiger partial charge in [0.25, 0.3) is 0 Å². The third kappa shape index (κ3) is 3.89. The first-order valence-electron chi connectivity index (χ1n) is 5.01. The molecule has 0 unspecified atom stereocenters. The van der Waals surface area contributed by atoms with Crippen molar-refractivity contribution in [2.24, 2.45) is 5.73 Å². The molecule has 5 N–H and O–H groups in total. The summed E-state index contributed by atoms with van der Waals surface area (Å²) >= 11 is 0. The molecule has 5 heteroatoms. The highest BCUT2D eigenvalue weighted by Gasteiger charge is 2.16. The summed E-state index contributed by atoms with van der Waals surface area (Å²) in [5.74, 6) is -0.103. The Kier molecular flexibility index (Phi) is 6.18. The number of aromatic hydroxyl groups is 2. The lowest BCUT2D eigenvalue weighted by molar-refractivity contribution is 0.134. The van der Waals surface area contributed by atoms with Crippen LogP contribution in [0.2, 0.25) is 0 Å². The number of phenols is 2. The maximum atomic E-state index is 9.66.